The summed E-state index contributed by atoms with van der Waals surface area (Å²) in [6.45, 7) is 4.51. The Labute approximate surface area is 144 Å². The standard InChI is InChI=1S/C18H28N4O2/c1-13-7-15(9-16(8-13)24-3)11-21-18(20-2)22-6-4-5-14(12-22)10-17(19)23/h7-9,14H,4-6,10-12H2,1-3H3,(H2,19,23)(H,20,21). The van der Waals surface area contributed by atoms with Crippen LogP contribution in [0, 0.1) is 12.8 Å². The van der Waals surface area contributed by atoms with Crippen molar-refractivity contribution in [3.8, 4) is 5.75 Å². The number of nitrogens with one attached hydrogen (secondary N) is 1. The highest BCUT2D eigenvalue weighted by Crippen LogP contribution is 2.20. The van der Waals surface area contributed by atoms with Crippen LogP contribution in [0.5, 0.6) is 5.75 Å². The number of hydrogen-bond acceptors (Lipinski definition) is 3. The maximum Gasteiger partial charge on any atom is 0.217 e. The Bertz CT molecular complexity index is 601. The van der Waals surface area contributed by atoms with Crippen LogP contribution in [0.2, 0.25) is 0 Å². The van der Waals surface area contributed by atoms with Crippen LogP contribution < -0.4 is 15.8 Å². The van der Waals surface area contributed by atoms with Gasteiger partial charge in [-0.2, -0.15) is 0 Å². The number of amides is 1. The molecule has 1 amide bonds. The predicted molar refractivity (Wildman–Crippen MR) is 96.0 cm³/mol. The molecule has 0 aromatic heterocycles. The average molecular weight is 332 g/mol. The molecule has 6 heteroatoms. The fraction of sp³-hybridized carbons (Fsp3) is 0.556. The number of hydrogen-bond donors (Lipinski definition) is 2. The van der Waals surface area contributed by atoms with E-state index in [1.807, 2.05) is 12.1 Å². The molecule has 1 fully saturated rings. The lowest BCUT2D eigenvalue weighted by molar-refractivity contribution is -0.119. The van der Waals surface area contributed by atoms with Crippen LogP contribution in [0.25, 0.3) is 0 Å². The van der Waals surface area contributed by atoms with Crippen LogP contribution >= 0.6 is 0 Å². The van der Waals surface area contributed by atoms with Crippen LogP contribution in [0.1, 0.15) is 30.4 Å². The van der Waals surface area contributed by atoms with Gasteiger partial charge in [-0.1, -0.05) is 6.07 Å². The van der Waals surface area contributed by atoms with E-state index in [1.165, 1.54) is 5.56 Å². The van der Waals surface area contributed by atoms with Crippen molar-refractivity contribution in [1.29, 1.82) is 0 Å². The summed E-state index contributed by atoms with van der Waals surface area (Å²) in [7, 11) is 3.47. The Morgan fingerprint density at radius 3 is 2.92 bits per heavy atom. The molecule has 2 rings (SSSR count). The van der Waals surface area contributed by atoms with Crippen molar-refractivity contribution >= 4 is 11.9 Å². The largest absolute Gasteiger partial charge is 0.497 e. The van der Waals surface area contributed by atoms with Crippen molar-refractivity contribution < 1.29 is 9.53 Å². The lowest BCUT2D eigenvalue weighted by atomic mass is 9.95. The van der Waals surface area contributed by atoms with E-state index in [1.54, 1.807) is 14.2 Å². The Morgan fingerprint density at radius 1 is 1.46 bits per heavy atom. The highest BCUT2D eigenvalue weighted by atomic mass is 16.5. The topological polar surface area (TPSA) is 80.0 Å². The Balaban J connectivity index is 1.97. The molecule has 1 aliphatic rings. The lowest BCUT2D eigenvalue weighted by Crippen LogP contribution is -2.46. The smallest absolute Gasteiger partial charge is 0.217 e. The number of nitrogens with zero attached hydrogens (tertiary/aromatic N) is 2. The van der Waals surface area contributed by atoms with Gasteiger partial charge in [0.2, 0.25) is 5.91 Å². The van der Waals surface area contributed by atoms with Crippen LogP contribution in [-0.4, -0.2) is 44.0 Å². The maximum atomic E-state index is 11.2. The summed E-state index contributed by atoms with van der Waals surface area (Å²) in [5.74, 6) is 1.82. The first-order valence-corrected chi connectivity index (χ1v) is 8.40. The highest BCUT2D eigenvalue weighted by molar-refractivity contribution is 5.80. The van der Waals surface area contributed by atoms with E-state index >= 15 is 0 Å². The van der Waals surface area contributed by atoms with E-state index < -0.39 is 0 Å². The molecule has 6 nitrogen and oxygen atoms in total. The van der Waals surface area contributed by atoms with E-state index in [0.29, 0.717) is 18.9 Å². The van der Waals surface area contributed by atoms with Gasteiger partial charge >= 0.3 is 0 Å². The zero-order valence-electron chi connectivity index (χ0n) is 14.8. The zero-order valence-corrected chi connectivity index (χ0v) is 14.8. The number of primary amides is 1. The van der Waals surface area contributed by atoms with Crippen molar-refractivity contribution in [2.24, 2.45) is 16.6 Å². The first-order valence-electron chi connectivity index (χ1n) is 8.40. The Kier molecular flexibility index (Phi) is 6.46. The summed E-state index contributed by atoms with van der Waals surface area (Å²) < 4.78 is 5.32. The molecule has 1 aliphatic heterocycles. The number of rotatable bonds is 5. The molecule has 0 radical (unpaired) electrons. The molecule has 0 spiro atoms. The number of benzene rings is 1. The lowest BCUT2D eigenvalue weighted by Gasteiger charge is -2.34. The van der Waals surface area contributed by atoms with Crippen molar-refractivity contribution in [1.82, 2.24) is 10.2 Å². The SMILES string of the molecule is CN=C(NCc1cc(C)cc(OC)c1)N1CCCC(CC(N)=O)C1. The number of nitrogens with two attached hydrogens (primary N) is 1. The van der Waals surface area contributed by atoms with Gasteiger partial charge in [0.25, 0.3) is 0 Å². The average Bonchev–Trinajstić information content (AvgIpc) is 2.54. The molecular weight excluding hydrogens is 304 g/mol. The van der Waals surface area contributed by atoms with E-state index in [0.717, 1.165) is 43.2 Å². The summed E-state index contributed by atoms with van der Waals surface area (Å²) in [5.41, 5.74) is 7.66. The number of piperidine rings is 1. The summed E-state index contributed by atoms with van der Waals surface area (Å²) in [6.07, 6.45) is 2.55. The zero-order chi connectivity index (χ0) is 17.5. The van der Waals surface area contributed by atoms with Crippen molar-refractivity contribution in [3.63, 3.8) is 0 Å². The molecule has 3 N–H and O–H groups in total. The minimum atomic E-state index is -0.225. The Morgan fingerprint density at radius 2 is 2.25 bits per heavy atom. The number of likely N-dealkylation sites (tertiary alicyclic amines) is 1. The van der Waals surface area contributed by atoms with E-state index in [9.17, 15) is 4.79 Å². The number of methoxy groups -OCH3 is 1. The van der Waals surface area contributed by atoms with Gasteiger partial charge in [0.05, 0.1) is 7.11 Å². The molecular formula is C18H28N4O2. The second kappa shape index (κ2) is 8.57. The molecule has 1 aromatic carbocycles. The first-order chi connectivity index (χ1) is 11.5. The molecule has 24 heavy (non-hydrogen) atoms. The minimum Gasteiger partial charge on any atom is -0.497 e. The molecule has 0 saturated carbocycles. The first kappa shape index (κ1) is 18.1. The number of ether oxygens (including phenoxy) is 1. The van der Waals surface area contributed by atoms with Gasteiger partial charge in [0, 0.05) is 33.1 Å². The van der Waals surface area contributed by atoms with E-state index in [2.05, 4.69) is 28.2 Å². The molecule has 0 bridgehead atoms. The summed E-state index contributed by atoms with van der Waals surface area (Å²) in [5, 5.41) is 3.41. The van der Waals surface area contributed by atoms with Crippen LogP contribution in [0.15, 0.2) is 23.2 Å². The van der Waals surface area contributed by atoms with Gasteiger partial charge < -0.3 is 20.7 Å². The third-order valence-corrected chi connectivity index (χ3v) is 4.32. The number of carbonyl (C=O) groups is 1. The van der Waals surface area contributed by atoms with Gasteiger partial charge in [-0.3, -0.25) is 9.79 Å². The van der Waals surface area contributed by atoms with Crippen LogP contribution in [0.4, 0.5) is 0 Å². The third kappa shape index (κ3) is 5.15. The normalized spacial score (nSPS) is 18.4. The van der Waals surface area contributed by atoms with Crippen molar-refractivity contribution in [2.45, 2.75) is 32.7 Å². The fourth-order valence-electron chi connectivity index (χ4n) is 3.27. The van der Waals surface area contributed by atoms with Gasteiger partial charge in [0.1, 0.15) is 5.75 Å². The van der Waals surface area contributed by atoms with E-state index in [4.69, 9.17) is 10.5 Å². The molecule has 1 atom stereocenters. The molecule has 1 saturated heterocycles. The number of aliphatic imine (C=N–C) groups is 1. The van der Waals surface area contributed by atoms with Gasteiger partial charge in [0.15, 0.2) is 5.96 Å². The van der Waals surface area contributed by atoms with Crippen LogP contribution in [-0.2, 0) is 11.3 Å². The molecule has 1 heterocycles. The fourth-order valence-corrected chi connectivity index (χ4v) is 3.27. The quantitative estimate of drug-likeness (QED) is 0.635. The molecule has 1 aromatic rings. The van der Waals surface area contributed by atoms with Crippen molar-refractivity contribution in [2.75, 3.05) is 27.2 Å². The molecule has 132 valence electrons. The Hall–Kier alpha value is -2.24. The molecule has 0 aliphatic carbocycles. The number of carbonyl (C=O) groups excluding carboxylic acids is 1. The number of aryl methyl sites for hydroxylation is 1. The van der Waals surface area contributed by atoms with Gasteiger partial charge in [-0.15, -0.1) is 0 Å². The van der Waals surface area contributed by atoms with Crippen molar-refractivity contribution in [3.05, 3.63) is 29.3 Å². The van der Waals surface area contributed by atoms with Gasteiger partial charge in [-0.05, 0) is 48.9 Å². The van der Waals surface area contributed by atoms with Crippen LogP contribution in [0.3, 0.4) is 0 Å². The summed E-state index contributed by atoms with van der Waals surface area (Å²) in [6, 6.07) is 6.17. The second-order valence-electron chi connectivity index (χ2n) is 6.38. The maximum absolute atomic E-state index is 11.2. The number of guanidine groups is 1. The molecule has 1 unspecified atom stereocenters. The second-order valence-corrected chi connectivity index (χ2v) is 6.38. The summed E-state index contributed by atoms with van der Waals surface area (Å²) >= 11 is 0. The predicted octanol–water partition coefficient (Wildman–Crippen LogP) is 1.67. The van der Waals surface area contributed by atoms with E-state index in [-0.39, 0.29) is 5.91 Å². The highest BCUT2D eigenvalue weighted by Gasteiger charge is 2.23. The van der Waals surface area contributed by atoms with Gasteiger partial charge in [-0.25, -0.2) is 0 Å². The monoisotopic (exact) mass is 332 g/mol. The summed E-state index contributed by atoms with van der Waals surface area (Å²) in [4.78, 5) is 17.8. The third-order valence-electron chi connectivity index (χ3n) is 4.32. The minimum absolute atomic E-state index is 0.225.